The van der Waals surface area contributed by atoms with E-state index in [0.717, 1.165) is 24.0 Å². The van der Waals surface area contributed by atoms with Gasteiger partial charge in [0.1, 0.15) is 35.6 Å². The highest BCUT2D eigenvalue weighted by Gasteiger charge is 2.62. The molecule has 2 unspecified atom stereocenters. The molecule has 1 aromatic carbocycles. The Balaban J connectivity index is 1.13. The first-order valence-corrected chi connectivity index (χ1v) is 21.4. The fourth-order valence-electron chi connectivity index (χ4n) is 8.36. The van der Waals surface area contributed by atoms with E-state index in [2.05, 4.69) is 15.4 Å². The number of amides is 4. The highest BCUT2D eigenvalue weighted by atomic mass is 32.2. The van der Waals surface area contributed by atoms with Crippen molar-refractivity contribution >= 4 is 33.7 Å². The number of benzene rings is 1. The largest absolute Gasteiger partial charge is 0.497 e. The average Bonchev–Trinajstić information content (AvgIpc) is 4.08. The van der Waals surface area contributed by atoms with Crippen LogP contribution in [0, 0.1) is 12.8 Å². The van der Waals surface area contributed by atoms with Crippen LogP contribution < -0.4 is 24.8 Å². The molecule has 2 aromatic rings. The summed E-state index contributed by atoms with van der Waals surface area (Å²) in [5, 5.41) is 5.08. The van der Waals surface area contributed by atoms with Gasteiger partial charge in [-0.05, 0) is 63.7 Å². The lowest BCUT2D eigenvalue weighted by Gasteiger charge is -2.29. The predicted octanol–water partition coefficient (Wildman–Crippen LogP) is 3.86. The number of pyridine rings is 1. The van der Waals surface area contributed by atoms with E-state index in [-0.39, 0.29) is 37.3 Å². The quantitative estimate of drug-likeness (QED) is 0.332. The molecule has 57 heavy (non-hydrogen) atoms. The third kappa shape index (κ3) is 7.90. The van der Waals surface area contributed by atoms with Crippen LogP contribution in [0.1, 0.15) is 81.9 Å². The van der Waals surface area contributed by atoms with E-state index < -0.39 is 62.6 Å². The SMILES string of the molecule is COC1=CC2c3nc(-c4ccc(C)cc4)cc(O[C@@H]4C[C@H]5C(=O)N[C@]6(C(=O)NS(=O)(=O)C7CC7)C[C@H]6/C=C\CCCCC[C@H](NC(C)=O)C(=O)N5C4)c3OC2C=C1. The first-order valence-electron chi connectivity index (χ1n) is 19.9. The zero-order valence-corrected chi connectivity index (χ0v) is 33.2. The Labute approximate surface area is 332 Å². The number of fused-ring (bicyclic) bond motifs is 5. The number of carbonyl (C=O) groups excluding carboxylic acids is 4. The number of carbonyl (C=O) groups is 4. The lowest BCUT2D eigenvalue weighted by Crippen LogP contribution is -2.58. The number of hydrogen-bond donors (Lipinski definition) is 3. The normalized spacial score (nSPS) is 30.1. The maximum Gasteiger partial charge on any atom is 0.259 e. The Morgan fingerprint density at radius 3 is 2.60 bits per heavy atom. The highest BCUT2D eigenvalue weighted by Crippen LogP contribution is 2.49. The molecule has 0 spiro atoms. The zero-order chi connectivity index (χ0) is 40.1. The summed E-state index contributed by atoms with van der Waals surface area (Å²) in [6.45, 7) is 3.36. The van der Waals surface area contributed by atoms with Crippen LogP contribution in [-0.2, 0) is 33.9 Å². The molecule has 14 nitrogen and oxygen atoms in total. The van der Waals surface area contributed by atoms with Crippen molar-refractivity contribution in [2.45, 2.75) is 113 Å². The second-order valence-corrected chi connectivity index (χ2v) is 18.0. The van der Waals surface area contributed by atoms with Crippen molar-refractivity contribution in [3.05, 3.63) is 77.7 Å². The standard InChI is InChI=1S/C42H49N5O9S/c1-24-11-13-26(14-12-24)33-21-36(38-37(44-33)31-19-28(54-3)15-18-35(31)56-38)55-29-20-34-39(49)45-42(41(51)46-57(52,53)30-16-17-30)22-27(42)9-7-5-4-6-8-10-32(43-25(2)48)40(50)47(34)23-29/h7,9,11-15,18-19,21,27,29-32,34-35H,4-6,8,10,16-17,20,22-23H2,1-3H3,(H,43,48)(H,45,49)(H,46,51)/b9-7-/t27-,29-,31?,32+,34+,35?,42-/m1/s1. The smallest absolute Gasteiger partial charge is 0.259 e. The topological polar surface area (TPSA) is 182 Å². The van der Waals surface area contributed by atoms with Gasteiger partial charge in [-0.3, -0.25) is 23.9 Å². The minimum absolute atomic E-state index is 0.00301. The predicted molar refractivity (Wildman–Crippen MR) is 209 cm³/mol. The molecule has 8 rings (SSSR count). The third-order valence-electron chi connectivity index (χ3n) is 11.8. The molecule has 1 aromatic heterocycles. The van der Waals surface area contributed by atoms with E-state index in [1.165, 1.54) is 11.8 Å². The Hall–Kier alpha value is -5.18. The van der Waals surface area contributed by atoms with Gasteiger partial charge in [-0.1, -0.05) is 54.8 Å². The molecule has 15 heteroatoms. The Bertz CT molecular complexity index is 2160. The molecular formula is C42H49N5O9S. The van der Waals surface area contributed by atoms with Gasteiger partial charge >= 0.3 is 0 Å². The average molecular weight is 800 g/mol. The minimum atomic E-state index is -3.89. The molecule has 6 aliphatic rings. The molecule has 3 fully saturated rings. The van der Waals surface area contributed by atoms with Gasteiger partial charge in [0.15, 0.2) is 11.5 Å². The molecular weight excluding hydrogens is 751 g/mol. The van der Waals surface area contributed by atoms with Crippen molar-refractivity contribution in [2.75, 3.05) is 13.7 Å². The number of allylic oxidation sites excluding steroid dienone is 2. The van der Waals surface area contributed by atoms with E-state index >= 15 is 0 Å². The summed E-state index contributed by atoms with van der Waals surface area (Å²) in [5.74, 6) is -1.32. The molecule has 4 heterocycles. The fourth-order valence-corrected chi connectivity index (χ4v) is 9.73. The van der Waals surface area contributed by atoms with Gasteiger partial charge in [0.25, 0.3) is 5.91 Å². The number of nitrogens with one attached hydrogen (secondary N) is 3. The summed E-state index contributed by atoms with van der Waals surface area (Å²) >= 11 is 0. The molecule has 0 bridgehead atoms. The molecule has 3 N–H and O–H groups in total. The molecule has 3 aliphatic carbocycles. The van der Waals surface area contributed by atoms with Gasteiger partial charge in [-0.15, -0.1) is 0 Å². The summed E-state index contributed by atoms with van der Waals surface area (Å²) in [5.41, 5.74) is 1.79. The minimum Gasteiger partial charge on any atom is -0.497 e. The first-order chi connectivity index (χ1) is 27.3. The van der Waals surface area contributed by atoms with Crippen molar-refractivity contribution in [2.24, 2.45) is 5.92 Å². The summed E-state index contributed by atoms with van der Waals surface area (Å²) < 4.78 is 46.7. The van der Waals surface area contributed by atoms with Crippen molar-refractivity contribution in [3.8, 4) is 22.8 Å². The third-order valence-corrected chi connectivity index (χ3v) is 13.6. The zero-order valence-electron chi connectivity index (χ0n) is 32.4. The van der Waals surface area contributed by atoms with Crippen LogP contribution >= 0.6 is 0 Å². The number of rotatable bonds is 8. The monoisotopic (exact) mass is 799 g/mol. The summed E-state index contributed by atoms with van der Waals surface area (Å²) in [4.78, 5) is 61.6. The van der Waals surface area contributed by atoms with Gasteiger partial charge in [0.05, 0.1) is 36.2 Å². The van der Waals surface area contributed by atoms with Crippen LogP contribution in [0.4, 0.5) is 0 Å². The maximum absolute atomic E-state index is 14.5. The van der Waals surface area contributed by atoms with Crippen molar-refractivity contribution < 1.29 is 41.8 Å². The van der Waals surface area contributed by atoms with Crippen LogP contribution in [0.5, 0.6) is 11.5 Å². The van der Waals surface area contributed by atoms with E-state index in [0.29, 0.717) is 60.8 Å². The molecule has 302 valence electrons. The van der Waals surface area contributed by atoms with Crippen LogP contribution in [0.3, 0.4) is 0 Å². The molecule has 3 aliphatic heterocycles. The van der Waals surface area contributed by atoms with E-state index in [4.69, 9.17) is 19.2 Å². The maximum atomic E-state index is 14.5. The molecule has 0 radical (unpaired) electrons. The molecule has 1 saturated heterocycles. The number of aryl methyl sites for hydroxylation is 1. The Morgan fingerprint density at radius 1 is 1.07 bits per heavy atom. The summed E-state index contributed by atoms with van der Waals surface area (Å²) in [6, 6.07) is 7.81. The number of aromatic nitrogens is 1. The van der Waals surface area contributed by atoms with Crippen molar-refractivity contribution in [3.63, 3.8) is 0 Å². The van der Waals surface area contributed by atoms with Gasteiger partial charge < -0.3 is 29.7 Å². The highest BCUT2D eigenvalue weighted by molar-refractivity contribution is 7.91. The Morgan fingerprint density at radius 2 is 1.86 bits per heavy atom. The summed E-state index contributed by atoms with van der Waals surface area (Å²) in [7, 11) is -2.29. The van der Waals surface area contributed by atoms with Crippen LogP contribution in [0.25, 0.3) is 11.3 Å². The van der Waals surface area contributed by atoms with Crippen LogP contribution in [-0.4, -0.2) is 90.7 Å². The van der Waals surface area contributed by atoms with Crippen molar-refractivity contribution in [1.29, 1.82) is 0 Å². The molecule has 4 amide bonds. The second-order valence-electron chi connectivity index (χ2n) is 16.1. The van der Waals surface area contributed by atoms with Crippen molar-refractivity contribution in [1.82, 2.24) is 25.2 Å². The van der Waals surface area contributed by atoms with E-state index in [1.54, 1.807) is 7.11 Å². The van der Waals surface area contributed by atoms with E-state index in [9.17, 15) is 27.6 Å². The lowest BCUT2D eigenvalue weighted by atomic mass is 9.94. The fraction of sp³-hybridized carbons (Fsp3) is 0.500. The first kappa shape index (κ1) is 38.7. The number of methoxy groups -OCH3 is 1. The van der Waals surface area contributed by atoms with Gasteiger partial charge in [0, 0.05) is 30.9 Å². The second kappa shape index (κ2) is 15.3. The number of sulfonamides is 1. The number of ether oxygens (including phenoxy) is 3. The van der Waals surface area contributed by atoms with Gasteiger partial charge in [-0.25, -0.2) is 13.4 Å². The van der Waals surface area contributed by atoms with Crippen LogP contribution in [0.2, 0.25) is 0 Å². The molecule has 2 saturated carbocycles. The van der Waals surface area contributed by atoms with Crippen LogP contribution in [0.15, 0.2) is 66.5 Å². The van der Waals surface area contributed by atoms with Gasteiger partial charge in [0.2, 0.25) is 27.7 Å². The lowest BCUT2D eigenvalue weighted by molar-refractivity contribution is -0.142. The van der Waals surface area contributed by atoms with E-state index in [1.807, 2.05) is 67.6 Å². The summed E-state index contributed by atoms with van der Waals surface area (Å²) in [6.07, 6.45) is 13.1. The number of nitrogens with zero attached hydrogens (tertiary/aromatic N) is 2. The Kier molecular flexibility index (Phi) is 10.4. The molecule has 7 atom stereocenters. The number of hydrogen-bond acceptors (Lipinski definition) is 10. The van der Waals surface area contributed by atoms with Gasteiger partial charge in [-0.2, -0.15) is 0 Å².